The Morgan fingerprint density at radius 2 is 1.89 bits per heavy atom. The van der Waals surface area contributed by atoms with E-state index in [1.165, 1.54) is 42.4 Å². The summed E-state index contributed by atoms with van der Waals surface area (Å²) in [4.78, 5) is 2.28. The molecule has 3 rings (SSSR count). The van der Waals surface area contributed by atoms with Crippen LogP contribution in [0.25, 0.3) is 5.57 Å². The monoisotopic (exact) mass is 275 g/mol. The Morgan fingerprint density at radius 1 is 1.21 bits per heavy atom. The molecule has 1 aromatic rings. The molecule has 0 saturated heterocycles. The third kappa shape index (κ3) is 2.04. The summed E-state index contributed by atoms with van der Waals surface area (Å²) in [5.74, 6) is 0. The number of fused-ring (bicyclic) bond motifs is 2. The first-order valence-electron chi connectivity index (χ1n) is 7.23. The van der Waals surface area contributed by atoms with E-state index in [2.05, 4.69) is 50.2 Å². The summed E-state index contributed by atoms with van der Waals surface area (Å²) in [6, 6.07) is 6.92. The van der Waals surface area contributed by atoms with Gasteiger partial charge in [-0.25, -0.2) is 0 Å². The van der Waals surface area contributed by atoms with E-state index in [0.29, 0.717) is 11.5 Å². The largest absolute Gasteiger partial charge is 0.303 e. The number of rotatable bonds is 2. The molecule has 0 aromatic heterocycles. The SMILES string of the molecule is CC(C1=CC2(CCCC2)c2ccc(Cl)cc21)N(C)C. The van der Waals surface area contributed by atoms with Crippen LogP contribution in [0.3, 0.4) is 0 Å². The molecule has 1 saturated carbocycles. The van der Waals surface area contributed by atoms with Crippen LogP contribution < -0.4 is 0 Å². The van der Waals surface area contributed by atoms with Crippen molar-refractivity contribution in [2.45, 2.75) is 44.1 Å². The zero-order chi connectivity index (χ0) is 13.6. The maximum absolute atomic E-state index is 6.23. The fraction of sp³-hybridized carbons (Fsp3) is 0.529. The zero-order valence-electron chi connectivity index (χ0n) is 12.0. The number of nitrogens with zero attached hydrogens (tertiary/aromatic N) is 1. The predicted octanol–water partition coefficient (Wildman–Crippen LogP) is 4.50. The highest BCUT2D eigenvalue weighted by atomic mass is 35.5. The Bertz CT molecular complexity index is 524. The van der Waals surface area contributed by atoms with Crippen LogP contribution in [0.4, 0.5) is 0 Å². The van der Waals surface area contributed by atoms with Crippen LogP contribution in [-0.2, 0) is 5.41 Å². The Morgan fingerprint density at radius 3 is 2.53 bits per heavy atom. The molecular formula is C17H22ClN. The molecule has 19 heavy (non-hydrogen) atoms. The van der Waals surface area contributed by atoms with Gasteiger partial charge < -0.3 is 4.90 Å². The molecule has 1 fully saturated rings. The van der Waals surface area contributed by atoms with Crippen molar-refractivity contribution in [1.82, 2.24) is 4.90 Å². The molecule has 0 heterocycles. The smallest absolute Gasteiger partial charge is 0.0412 e. The predicted molar refractivity (Wildman–Crippen MR) is 82.7 cm³/mol. The fourth-order valence-electron chi connectivity index (χ4n) is 3.69. The number of halogens is 1. The van der Waals surface area contributed by atoms with Crippen LogP contribution in [0.2, 0.25) is 5.02 Å². The molecule has 0 bridgehead atoms. The van der Waals surface area contributed by atoms with E-state index >= 15 is 0 Å². The lowest BCUT2D eigenvalue weighted by atomic mass is 9.81. The third-order valence-corrected chi connectivity index (χ3v) is 5.22. The van der Waals surface area contributed by atoms with E-state index < -0.39 is 0 Å². The standard InChI is InChI=1S/C17H22ClN/c1-12(19(2)3)15-11-17(8-4-5-9-17)16-7-6-13(18)10-14(15)16/h6-7,10-12H,4-5,8-9H2,1-3H3. The van der Waals surface area contributed by atoms with Crippen molar-refractivity contribution in [1.29, 1.82) is 0 Å². The molecule has 2 aliphatic rings. The molecule has 1 atom stereocenters. The zero-order valence-corrected chi connectivity index (χ0v) is 12.8. The number of likely N-dealkylation sites (N-methyl/N-ethyl adjacent to an activating group) is 1. The van der Waals surface area contributed by atoms with Crippen LogP contribution >= 0.6 is 11.6 Å². The molecule has 0 N–H and O–H groups in total. The summed E-state index contributed by atoms with van der Waals surface area (Å²) in [7, 11) is 4.30. The van der Waals surface area contributed by atoms with Crippen molar-refractivity contribution in [3.63, 3.8) is 0 Å². The summed E-state index contributed by atoms with van der Waals surface area (Å²) < 4.78 is 0. The number of benzene rings is 1. The first-order chi connectivity index (χ1) is 9.03. The van der Waals surface area contributed by atoms with Crippen LogP contribution in [-0.4, -0.2) is 25.0 Å². The van der Waals surface area contributed by atoms with Gasteiger partial charge in [-0.2, -0.15) is 0 Å². The molecule has 1 unspecified atom stereocenters. The van der Waals surface area contributed by atoms with E-state index in [9.17, 15) is 0 Å². The summed E-state index contributed by atoms with van der Waals surface area (Å²) >= 11 is 6.23. The molecule has 102 valence electrons. The molecule has 0 aliphatic heterocycles. The highest BCUT2D eigenvalue weighted by Gasteiger charge is 2.41. The normalized spacial score (nSPS) is 21.8. The van der Waals surface area contributed by atoms with Gasteiger partial charge in [0.15, 0.2) is 0 Å². The molecule has 0 amide bonds. The highest BCUT2D eigenvalue weighted by Crippen LogP contribution is 2.51. The first kappa shape index (κ1) is 13.2. The number of allylic oxidation sites excluding steroid dienone is 1. The van der Waals surface area contributed by atoms with Gasteiger partial charge in [0.25, 0.3) is 0 Å². The van der Waals surface area contributed by atoms with E-state index in [-0.39, 0.29) is 0 Å². The molecular weight excluding hydrogens is 254 g/mol. The molecule has 0 radical (unpaired) electrons. The van der Waals surface area contributed by atoms with E-state index in [1.54, 1.807) is 0 Å². The van der Waals surface area contributed by atoms with E-state index in [1.807, 2.05) is 0 Å². The quantitative estimate of drug-likeness (QED) is 0.768. The van der Waals surface area contributed by atoms with Gasteiger partial charge in [0.2, 0.25) is 0 Å². The summed E-state index contributed by atoms with van der Waals surface area (Å²) in [5.41, 5.74) is 4.66. The average Bonchev–Trinajstić information content (AvgIpc) is 2.95. The van der Waals surface area contributed by atoms with Gasteiger partial charge in [0, 0.05) is 16.5 Å². The lowest BCUT2D eigenvalue weighted by Gasteiger charge is -2.22. The van der Waals surface area contributed by atoms with Crippen molar-refractivity contribution in [2.75, 3.05) is 14.1 Å². The minimum absolute atomic E-state index is 0.305. The second-order valence-corrected chi connectivity index (χ2v) is 6.73. The second kappa shape index (κ2) is 4.64. The summed E-state index contributed by atoms with van der Waals surface area (Å²) in [6.07, 6.45) is 7.84. The fourth-order valence-corrected chi connectivity index (χ4v) is 3.86. The number of hydrogen-bond donors (Lipinski definition) is 0. The van der Waals surface area contributed by atoms with Crippen molar-refractivity contribution in [2.24, 2.45) is 0 Å². The number of hydrogen-bond acceptors (Lipinski definition) is 1. The van der Waals surface area contributed by atoms with Crippen molar-refractivity contribution in [3.8, 4) is 0 Å². The lowest BCUT2D eigenvalue weighted by Crippen LogP contribution is -2.25. The maximum Gasteiger partial charge on any atom is 0.0412 e. The Hall–Kier alpha value is -0.790. The van der Waals surface area contributed by atoms with Crippen LogP contribution in [0.1, 0.15) is 43.7 Å². The lowest BCUT2D eigenvalue weighted by molar-refractivity contribution is 0.372. The first-order valence-corrected chi connectivity index (χ1v) is 7.61. The van der Waals surface area contributed by atoms with Crippen molar-refractivity contribution >= 4 is 17.2 Å². The Balaban J connectivity index is 2.13. The van der Waals surface area contributed by atoms with Crippen LogP contribution in [0.5, 0.6) is 0 Å². The molecule has 1 spiro atoms. The minimum atomic E-state index is 0.305. The average molecular weight is 276 g/mol. The topological polar surface area (TPSA) is 3.24 Å². The van der Waals surface area contributed by atoms with Gasteiger partial charge in [-0.05, 0) is 62.7 Å². The van der Waals surface area contributed by atoms with Crippen molar-refractivity contribution < 1.29 is 0 Å². The van der Waals surface area contributed by atoms with Crippen LogP contribution in [0, 0.1) is 0 Å². The van der Waals surface area contributed by atoms with Gasteiger partial charge in [-0.1, -0.05) is 36.6 Å². The van der Waals surface area contributed by atoms with E-state index in [4.69, 9.17) is 11.6 Å². The van der Waals surface area contributed by atoms with E-state index in [0.717, 1.165) is 5.02 Å². The Kier molecular flexibility index (Phi) is 3.23. The third-order valence-electron chi connectivity index (χ3n) is 4.98. The summed E-state index contributed by atoms with van der Waals surface area (Å²) in [5, 5.41) is 0.852. The molecule has 1 nitrogen and oxygen atoms in total. The minimum Gasteiger partial charge on any atom is -0.303 e. The van der Waals surface area contributed by atoms with Gasteiger partial charge in [0.1, 0.15) is 0 Å². The van der Waals surface area contributed by atoms with Crippen LogP contribution in [0.15, 0.2) is 24.3 Å². The highest BCUT2D eigenvalue weighted by molar-refractivity contribution is 6.30. The maximum atomic E-state index is 6.23. The van der Waals surface area contributed by atoms with Gasteiger partial charge in [-0.3, -0.25) is 0 Å². The second-order valence-electron chi connectivity index (χ2n) is 6.29. The van der Waals surface area contributed by atoms with Gasteiger partial charge in [-0.15, -0.1) is 0 Å². The van der Waals surface area contributed by atoms with Gasteiger partial charge in [0.05, 0.1) is 0 Å². The molecule has 1 aromatic carbocycles. The van der Waals surface area contributed by atoms with Crippen molar-refractivity contribution in [3.05, 3.63) is 40.4 Å². The molecule has 2 aliphatic carbocycles. The molecule has 2 heteroatoms. The summed E-state index contributed by atoms with van der Waals surface area (Å²) in [6.45, 7) is 2.28. The van der Waals surface area contributed by atoms with Gasteiger partial charge >= 0.3 is 0 Å². The Labute approximate surface area is 121 Å².